The molecule has 0 saturated heterocycles. The highest BCUT2D eigenvalue weighted by atomic mass is 16.1. The average molecular weight is 327 g/mol. The molecule has 0 fully saturated rings. The maximum atomic E-state index is 12.5. The van der Waals surface area contributed by atoms with E-state index < -0.39 is 0 Å². The summed E-state index contributed by atoms with van der Waals surface area (Å²) in [5.74, 6) is 0.239. The predicted octanol–water partition coefficient (Wildman–Crippen LogP) is 3.31. The van der Waals surface area contributed by atoms with Crippen LogP contribution in [0.2, 0.25) is 0 Å². The lowest BCUT2D eigenvalue weighted by Gasteiger charge is -2.14. The molecule has 1 aromatic carbocycles. The van der Waals surface area contributed by atoms with Gasteiger partial charge in [0, 0.05) is 37.2 Å². The molecule has 1 atom stereocenters. The van der Waals surface area contributed by atoms with Crippen LogP contribution in [0.25, 0.3) is 0 Å². The van der Waals surface area contributed by atoms with E-state index in [1.807, 2.05) is 50.2 Å². The summed E-state index contributed by atoms with van der Waals surface area (Å²) in [6.45, 7) is 5.99. The van der Waals surface area contributed by atoms with E-state index in [-0.39, 0.29) is 11.9 Å². The average Bonchev–Trinajstić information content (AvgIpc) is 2.54. The van der Waals surface area contributed by atoms with Crippen LogP contribution in [0.4, 0.5) is 17.3 Å². The van der Waals surface area contributed by atoms with Crippen molar-refractivity contribution < 1.29 is 4.79 Å². The van der Waals surface area contributed by atoms with Gasteiger partial charge in [-0.25, -0.2) is 9.97 Å². The number of nitrogens with zero attached hydrogens (tertiary/aromatic N) is 3. The summed E-state index contributed by atoms with van der Waals surface area (Å²) >= 11 is 0. The minimum absolute atomic E-state index is 0.245. The van der Waals surface area contributed by atoms with E-state index in [0.29, 0.717) is 11.6 Å². The molecule has 0 aliphatic carbocycles. The van der Waals surface area contributed by atoms with Crippen LogP contribution >= 0.6 is 0 Å². The number of hydrogen-bond acceptors (Lipinski definition) is 5. The van der Waals surface area contributed by atoms with Crippen molar-refractivity contribution in [3.8, 4) is 0 Å². The molecule has 0 spiro atoms. The fraction of sp³-hybridized carbons (Fsp3) is 0.389. The molecule has 1 amide bonds. The fourth-order valence-electron chi connectivity index (χ4n) is 2.11. The van der Waals surface area contributed by atoms with Crippen molar-refractivity contribution in [3.05, 3.63) is 41.7 Å². The molecule has 0 radical (unpaired) electrons. The third-order valence-corrected chi connectivity index (χ3v) is 3.72. The summed E-state index contributed by atoms with van der Waals surface area (Å²) in [5.41, 5.74) is 2.91. The van der Waals surface area contributed by atoms with E-state index in [0.717, 1.165) is 23.5 Å². The molecule has 1 aromatic heterocycles. The van der Waals surface area contributed by atoms with Crippen molar-refractivity contribution >= 4 is 23.2 Å². The lowest BCUT2D eigenvalue weighted by molar-refractivity contribution is 0.102. The number of anilines is 3. The summed E-state index contributed by atoms with van der Waals surface area (Å²) in [7, 11) is 3.95. The standard InChI is InChI=1S/C18H25N5O/c1-6-12(2)19-18-20-13(3)11-16(22-18)17(24)21-14-7-9-15(10-8-14)23(4)5/h7-12H,6H2,1-5H3,(H,21,24)(H,19,20,22). The zero-order valence-electron chi connectivity index (χ0n) is 14.9. The summed E-state index contributed by atoms with van der Waals surface area (Å²) in [5, 5.41) is 6.07. The van der Waals surface area contributed by atoms with Gasteiger partial charge in [0.05, 0.1) is 0 Å². The number of aromatic nitrogens is 2. The van der Waals surface area contributed by atoms with Crippen LogP contribution in [0.3, 0.4) is 0 Å². The second-order valence-corrected chi connectivity index (χ2v) is 6.07. The topological polar surface area (TPSA) is 70.2 Å². The van der Waals surface area contributed by atoms with Gasteiger partial charge in [-0.2, -0.15) is 0 Å². The maximum Gasteiger partial charge on any atom is 0.274 e. The van der Waals surface area contributed by atoms with Gasteiger partial charge in [0.1, 0.15) is 5.69 Å². The Morgan fingerprint density at radius 2 is 1.88 bits per heavy atom. The molecule has 1 heterocycles. The number of nitrogens with one attached hydrogen (secondary N) is 2. The molecular formula is C18H25N5O. The summed E-state index contributed by atoms with van der Waals surface area (Å²) in [4.78, 5) is 23.1. The van der Waals surface area contributed by atoms with Crippen molar-refractivity contribution in [1.29, 1.82) is 0 Å². The molecule has 2 N–H and O–H groups in total. The molecule has 0 saturated carbocycles. The van der Waals surface area contributed by atoms with Gasteiger partial charge in [-0.05, 0) is 50.6 Å². The quantitative estimate of drug-likeness (QED) is 0.852. The number of hydrogen-bond donors (Lipinski definition) is 2. The van der Waals surface area contributed by atoms with E-state index in [9.17, 15) is 4.79 Å². The number of carbonyl (C=O) groups excluding carboxylic acids is 1. The van der Waals surface area contributed by atoms with Gasteiger partial charge in [0.25, 0.3) is 5.91 Å². The Balaban J connectivity index is 2.14. The van der Waals surface area contributed by atoms with Crippen molar-refractivity contribution in [1.82, 2.24) is 9.97 Å². The Morgan fingerprint density at radius 3 is 2.46 bits per heavy atom. The molecule has 0 bridgehead atoms. The number of aryl methyl sites for hydroxylation is 1. The summed E-state index contributed by atoms with van der Waals surface area (Å²) in [6, 6.07) is 9.60. The number of amides is 1. The molecule has 0 aliphatic rings. The largest absolute Gasteiger partial charge is 0.378 e. The zero-order valence-corrected chi connectivity index (χ0v) is 14.9. The Kier molecular flexibility index (Phi) is 5.73. The van der Waals surface area contributed by atoms with Crippen molar-refractivity contribution in [2.75, 3.05) is 29.6 Å². The third-order valence-electron chi connectivity index (χ3n) is 3.72. The van der Waals surface area contributed by atoms with E-state index in [2.05, 4.69) is 34.4 Å². The molecule has 1 unspecified atom stereocenters. The lowest BCUT2D eigenvalue weighted by atomic mass is 10.2. The maximum absolute atomic E-state index is 12.5. The van der Waals surface area contributed by atoms with Crippen molar-refractivity contribution in [2.24, 2.45) is 0 Å². The Bertz CT molecular complexity index is 697. The molecule has 2 aromatic rings. The first-order chi connectivity index (χ1) is 11.4. The molecule has 2 rings (SSSR count). The van der Waals surface area contributed by atoms with Gasteiger partial charge < -0.3 is 15.5 Å². The minimum Gasteiger partial charge on any atom is -0.378 e. The third kappa shape index (κ3) is 4.68. The van der Waals surface area contributed by atoms with Crippen LogP contribution in [-0.4, -0.2) is 36.0 Å². The second-order valence-electron chi connectivity index (χ2n) is 6.07. The molecule has 0 aliphatic heterocycles. The van der Waals surface area contributed by atoms with Crippen molar-refractivity contribution in [3.63, 3.8) is 0 Å². The number of benzene rings is 1. The van der Waals surface area contributed by atoms with E-state index >= 15 is 0 Å². The molecule has 128 valence electrons. The van der Waals surface area contributed by atoms with Crippen LogP contribution in [0, 0.1) is 6.92 Å². The monoisotopic (exact) mass is 327 g/mol. The fourth-order valence-corrected chi connectivity index (χ4v) is 2.11. The molecular weight excluding hydrogens is 302 g/mol. The Hall–Kier alpha value is -2.63. The number of rotatable bonds is 6. The van der Waals surface area contributed by atoms with E-state index in [4.69, 9.17) is 0 Å². The highest BCUT2D eigenvalue weighted by Gasteiger charge is 2.12. The lowest BCUT2D eigenvalue weighted by Crippen LogP contribution is -2.19. The predicted molar refractivity (Wildman–Crippen MR) is 98.9 cm³/mol. The van der Waals surface area contributed by atoms with Crippen LogP contribution < -0.4 is 15.5 Å². The summed E-state index contributed by atoms with van der Waals surface area (Å²) < 4.78 is 0. The van der Waals surface area contributed by atoms with E-state index in [1.165, 1.54) is 0 Å². The van der Waals surface area contributed by atoms with Gasteiger partial charge in [-0.15, -0.1) is 0 Å². The van der Waals surface area contributed by atoms with Gasteiger partial charge in [0.2, 0.25) is 5.95 Å². The first kappa shape index (κ1) is 17.7. The van der Waals surface area contributed by atoms with Gasteiger partial charge in [-0.3, -0.25) is 4.79 Å². The van der Waals surface area contributed by atoms with Crippen molar-refractivity contribution in [2.45, 2.75) is 33.2 Å². The molecule has 6 nitrogen and oxygen atoms in total. The Labute approximate surface area is 143 Å². The zero-order chi connectivity index (χ0) is 17.7. The summed E-state index contributed by atoms with van der Waals surface area (Å²) in [6.07, 6.45) is 0.955. The van der Waals surface area contributed by atoms with E-state index in [1.54, 1.807) is 6.07 Å². The smallest absolute Gasteiger partial charge is 0.274 e. The van der Waals surface area contributed by atoms with Gasteiger partial charge >= 0.3 is 0 Å². The molecule has 6 heteroatoms. The Morgan fingerprint density at radius 1 is 1.21 bits per heavy atom. The SMILES string of the molecule is CCC(C)Nc1nc(C)cc(C(=O)Nc2ccc(N(C)C)cc2)n1. The highest BCUT2D eigenvalue weighted by Crippen LogP contribution is 2.16. The van der Waals surface area contributed by atoms with Crippen LogP contribution in [0.1, 0.15) is 36.5 Å². The van der Waals surface area contributed by atoms with Crippen LogP contribution in [0.5, 0.6) is 0 Å². The van der Waals surface area contributed by atoms with Gasteiger partial charge in [0.15, 0.2) is 0 Å². The minimum atomic E-state index is -0.245. The first-order valence-electron chi connectivity index (χ1n) is 8.10. The second kappa shape index (κ2) is 7.77. The van der Waals surface area contributed by atoms with Gasteiger partial charge in [-0.1, -0.05) is 6.92 Å². The highest BCUT2D eigenvalue weighted by molar-refractivity contribution is 6.03. The first-order valence-corrected chi connectivity index (χ1v) is 8.10. The van der Waals surface area contributed by atoms with Crippen LogP contribution in [0.15, 0.2) is 30.3 Å². The number of carbonyl (C=O) groups is 1. The molecule has 24 heavy (non-hydrogen) atoms. The normalized spacial score (nSPS) is 11.7. The van der Waals surface area contributed by atoms with Crippen LogP contribution in [-0.2, 0) is 0 Å².